The molecule has 0 saturated carbocycles. The zero-order valence-electron chi connectivity index (χ0n) is 13.1. The minimum atomic E-state index is -0.166. The molecule has 3 rings (SSSR count). The van der Waals surface area contributed by atoms with Gasteiger partial charge in [0.25, 0.3) is 0 Å². The summed E-state index contributed by atoms with van der Waals surface area (Å²) in [5, 5.41) is 8.02. The first-order chi connectivity index (χ1) is 11.2. The second-order valence-electron chi connectivity index (χ2n) is 5.27. The van der Waals surface area contributed by atoms with Crippen molar-refractivity contribution in [2.45, 2.75) is 26.7 Å². The van der Waals surface area contributed by atoms with Crippen LogP contribution in [-0.4, -0.2) is 22.1 Å². The summed E-state index contributed by atoms with van der Waals surface area (Å²) in [6.45, 7) is 4.05. The number of carbonyl (C=O) groups is 1. The summed E-state index contributed by atoms with van der Waals surface area (Å²) in [7, 11) is 0. The molecule has 0 unspecified atom stereocenters. The van der Waals surface area contributed by atoms with E-state index in [-0.39, 0.29) is 12.3 Å². The van der Waals surface area contributed by atoms with Crippen molar-refractivity contribution in [2.24, 2.45) is 5.10 Å². The van der Waals surface area contributed by atoms with Crippen molar-refractivity contribution in [3.63, 3.8) is 0 Å². The Labute approximate surface area is 138 Å². The molecule has 1 amide bonds. The van der Waals surface area contributed by atoms with Crippen molar-refractivity contribution in [2.75, 3.05) is 0 Å². The highest BCUT2D eigenvalue weighted by Crippen LogP contribution is 2.20. The van der Waals surface area contributed by atoms with Crippen molar-refractivity contribution in [1.29, 1.82) is 0 Å². The molecule has 3 aromatic rings. The predicted molar refractivity (Wildman–Crippen MR) is 94.0 cm³/mol. The van der Waals surface area contributed by atoms with Crippen LogP contribution in [0.5, 0.6) is 0 Å². The number of thiazole rings is 1. The highest BCUT2D eigenvalue weighted by atomic mass is 32.1. The van der Waals surface area contributed by atoms with Crippen LogP contribution in [-0.2, 0) is 17.6 Å². The first kappa shape index (κ1) is 15.4. The Morgan fingerprint density at radius 1 is 1.48 bits per heavy atom. The smallest absolute Gasteiger partial charge is 0.246 e. The number of carbonyl (C=O) groups excluding carboxylic acids is 1. The van der Waals surface area contributed by atoms with Crippen molar-refractivity contribution in [3.05, 3.63) is 51.6 Å². The van der Waals surface area contributed by atoms with Gasteiger partial charge in [-0.1, -0.05) is 25.1 Å². The van der Waals surface area contributed by atoms with Crippen molar-refractivity contribution < 1.29 is 4.79 Å². The second kappa shape index (κ2) is 6.75. The van der Waals surface area contributed by atoms with Crippen LogP contribution in [0.1, 0.15) is 28.8 Å². The average Bonchev–Trinajstić information content (AvgIpc) is 3.13. The standard InChI is InChI=1S/C17H18N4OS/c1-3-12-5-4-6-15-13(8-18-17(12)15)9-19-21-16(22)7-14-10-23-11(2)20-14/h4-6,8-10,18H,3,7H2,1-2H3,(H,21,22)/b19-9+. The average molecular weight is 326 g/mol. The highest BCUT2D eigenvalue weighted by Gasteiger charge is 2.06. The van der Waals surface area contributed by atoms with Crippen LogP contribution in [0.25, 0.3) is 10.9 Å². The van der Waals surface area contributed by atoms with E-state index in [1.165, 1.54) is 16.9 Å². The van der Waals surface area contributed by atoms with E-state index >= 15 is 0 Å². The number of aromatic nitrogens is 2. The first-order valence-corrected chi connectivity index (χ1v) is 8.37. The van der Waals surface area contributed by atoms with Crippen LogP contribution in [0.2, 0.25) is 0 Å². The van der Waals surface area contributed by atoms with Crippen molar-refractivity contribution in [1.82, 2.24) is 15.4 Å². The Balaban J connectivity index is 1.67. The topological polar surface area (TPSA) is 70.1 Å². The van der Waals surface area contributed by atoms with E-state index in [9.17, 15) is 4.79 Å². The van der Waals surface area contributed by atoms with Gasteiger partial charge in [0.1, 0.15) is 0 Å². The number of para-hydroxylation sites is 1. The number of nitrogens with zero attached hydrogens (tertiary/aromatic N) is 2. The minimum absolute atomic E-state index is 0.166. The fraction of sp³-hybridized carbons (Fsp3) is 0.235. The number of nitrogens with one attached hydrogen (secondary N) is 2. The van der Waals surface area contributed by atoms with Gasteiger partial charge < -0.3 is 4.98 Å². The summed E-state index contributed by atoms with van der Waals surface area (Å²) in [6, 6.07) is 6.19. The van der Waals surface area contributed by atoms with Gasteiger partial charge in [0, 0.05) is 28.0 Å². The molecule has 0 saturated heterocycles. The molecule has 0 spiro atoms. The Morgan fingerprint density at radius 2 is 2.35 bits per heavy atom. The van der Waals surface area contributed by atoms with Gasteiger partial charge in [-0.25, -0.2) is 10.4 Å². The molecule has 0 radical (unpaired) electrons. The maximum absolute atomic E-state index is 11.8. The number of hydrogen-bond donors (Lipinski definition) is 2. The lowest BCUT2D eigenvalue weighted by Crippen LogP contribution is -2.19. The van der Waals surface area contributed by atoms with Gasteiger partial charge in [-0.3, -0.25) is 4.79 Å². The molecule has 0 aliphatic rings. The first-order valence-electron chi connectivity index (χ1n) is 7.49. The molecule has 0 aliphatic carbocycles. The minimum Gasteiger partial charge on any atom is -0.360 e. The monoisotopic (exact) mass is 326 g/mol. The number of hydrogen-bond acceptors (Lipinski definition) is 4. The van der Waals surface area contributed by atoms with Crippen molar-refractivity contribution >= 4 is 34.4 Å². The van der Waals surface area contributed by atoms with Crippen LogP contribution < -0.4 is 5.43 Å². The maximum atomic E-state index is 11.8. The SMILES string of the molecule is CCc1cccc2c(/C=N/NC(=O)Cc3csc(C)n3)c[nH]c12. The lowest BCUT2D eigenvalue weighted by molar-refractivity contribution is -0.120. The van der Waals surface area contributed by atoms with Gasteiger partial charge in [-0.15, -0.1) is 11.3 Å². The van der Waals surface area contributed by atoms with E-state index < -0.39 is 0 Å². The summed E-state index contributed by atoms with van der Waals surface area (Å²) < 4.78 is 0. The lowest BCUT2D eigenvalue weighted by atomic mass is 10.1. The Kier molecular flexibility index (Phi) is 4.52. The van der Waals surface area contributed by atoms with E-state index in [0.717, 1.165) is 33.6 Å². The molecular weight excluding hydrogens is 308 g/mol. The molecule has 2 N–H and O–H groups in total. The highest BCUT2D eigenvalue weighted by molar-refractivity contribution is 7.09. The fourth-order valence-corrected chi connectivity index (χ4v) is 3.12. The number of hydrazone groups is 1. The number of fused-ring (bicyclic) bond motifs is 1. The normalized spacial score (nSPS) is 11.4. The van der Waals surface area contributed by atoms with E-state index in [2.05, 4.69) is 33.5 Å². The third-order valence-corrected chi connectivity index (χ3v) is 4.44. The van der Waals surface area contributed by atoms with Crippen LogP contribution in [0, 0.1) is 6.92 Å². The summed E-state index contributed by atoms with van der Waals surface area (Å²) >= 11 is 1.54. The largest absolute Gasteiger partial charge is 0.360 e. The Morgan fingerprint density at radius 3 is 3.09 bits per heavy atom. The molecule has 23 heavy (non-hydrogen) atoms. The number of amides is 1. The van der Waals surface area contributed by atoms with Crippen LogP contribution in [0.3, 0.4) is 0 Å². The van der Waals surface area contributed by atoms with Gasteiger partial charge in [-0.2, -0.15) is 5.10 Å². The van der Waals surface area contributed by atoms with Crippen molar-refractivity contribution in [3.8, 4) is 0 Å². The quantitative estimate of drug-likeness (QED) is 0.558. The number of H-pyrrole nitrogens is 1. The van der Waals surface area contributed by atoms with Gasteiger partial charge in [0.2, 0.25) is 5.91 Å². The predicted octanol–water partition coefficient (Wildman–Crippen LogP) is 3.19. The number of aryl methyl sites for hydroxylation is 2. The van der Waals surface area contributed by atoms with E-state index in [1.54, 1.807) is 6.21 Å². The molecule has 0 aliphatic heterocycles. The zero-order valence-corrected chi connectivity index (χ0v) is 13.9. The van der Waals surface area contributed by atoms with Gasteiger partial charge in [0.05, 0.1) is 23.3 Å². The molecular formula is C17H18N4OS. The number of aromatic amines is 1. The molecule has 2 heterocycles. The fourth-order valence-electron chi connectivity index (χ4n) is 2.51. The number of rotatable bonds is 5. The number of benzene rings is 1. The Hall–Kier alpha value is -2.47. The zero-order chi connectivity index (χ0) is 16.2. The van der Waals surface area contributed by atoms with E-state index in [0.29, 0.717) is 0 Å². The molecule has 1 aromatic carbocycles. The summed E-state index contributed by atoms with van der Waals surface area (Å²) in [5.74, 6) is -0.166. The summed E-state index contributed by atoms with van der Waals surface area (Å²) in [4.78, 5) is 19.4. The third kappa shape index (κ3) is 3.48. The molecule has 0 fully saturated rings. The summed E-state index contributed by atoms with van der Waals surface area (Å²) in [6.07, 6.45) is 4.79. The van der Waals surface area contributed by atoms with Gasteiger partial charge >= 0.3 is 0 Å². The molecule has 5 nitrogen and oxygen atoms in total. The van der Waals surface area contributed by atoms with Crippen LogP contribution >= 0.6 is 11.3 Å². The van der Waals surface area contributed by atoms with E-state index in [4.69, 9.17) is 0 Å². The second-order valence-corrected chi connectivity index (χ2v) is 6.33. The molecule has 6 heteroatoms. The van der Waals surface area contributed by atoms with Gasteiger partial charge in [0.15, 0.2) is 0 Å². The van der Waals surface area contributed by atoms with Gasteiger partial charge in [-0.05, 0) is 18.9 Å². The van der Waals surface area contributed by atoms with Crippen LogP contribution in [0.15, 0.2) is 34.9 Å². The summed E-state index contributed by atoms with van der Waals surface area (Å²) in [5.41, 5.74) is 6.68. The molecule has 0 bridgehead atoms. The van der Waals surface area contributed by atoms with E-state index in [1.807, 2.05) is 30.6 Å². The molecule has 2 aromatic heterocycles. The lowest BCUT2D eigenvalue weighted by Gasteiger charge is -1.99. The maximum Gasteiger partial charge on any atom is 0.246 e. The third-order valence-electron chi connectivity index (χ3n) is 3.62. The van der Waals surface area contributed by atoms with Crippen LogP contribution in [0.4, 0.5) is 0 Å². The molecule has 118 valence electrons. The Bertz CT molecular complexity index is 862. The molecule has 0 atom stereocenters.